The average Bonchev–Trinajstić information content (AvgIpc) is 3.04. The number of nitro benzene ring substituents is 1. The van der Waals surface area contributed by atoms with Gasteiger partial charge in [-0.1, -0.05) is 74.5 Å². The Labute approximate surface area is 272 Å². The van der Waals surface area contributed by atoms with E-state index in [0.717, 1.165) is 10.0 Å². The largest absolute Gasteiger partial charge is 0.457 e. The lowest BCUT2D eigenvalue weighted by Gasteiger charge is -2.46. The maximum atomic E-state index is 14.7. The molecule has 1 heterocycles. The Bertz CT molecular complexity index is 1690. The summed E-state index contributed by atoms with van der Waals surface area (Å²) in [7, 11) is 0. The molecule has 2 atom stereocenters. The van der Waals surface area contributed by atoms with Gasteiger partial charge in [0.25, 0.3) is 23.3 Å². The second-order valence-corrected chi connectivity index (χ2v) is 11.6. The summed E-state index contributed by atoms with van der Waals surface area (Å²) in [5.74, 6) is -4.68. The highest BCUT2D eigenvalue weighted by Gasteiger charge is 2.47. The van der Waals surface area contributed by atoms with Gasteiger partial charge in [-0.25, -0.2) is 14.8 Å². The zero-order chi connectivity index (χ0) is 34.4. The zero-order valence-electron chi connectivity index (χ0n) is 26.7. The second-order valence-electron chi connectivity index (χ2n) is 11.6. The molecule has 3 aromatic carbocycles. The molecule has 1 unspecified atom stereocenters. The van der Waals surface area contributed by atoms with Crippen LogP contribution in [0.2, 0.25) is 0 Å². The molecule has 0 aromatic heterocycles. The fourth-order valence-electron chi connectivity index (χ4n) is 5.36. The molecular formula is C35H36N4O8. The Morgan fingerprint density at radius 1 is 0.894 bits per heavy atom. The lowest BCUT2D eigenvalue weighted by Crippen LogP contribution is -2.64. The quantitative estimate of drug-likeness (QED) is 0.126. The summed E-state index contributed by atoms with van der Waals surface area (Å²) in [6, 6.07) is 19.6. The van der Waals surface area contributed by atoms with Crippen molar-refractivity contribution in [1.82, 2.24) is 14.9 Å². The van der Waals surface area contributed by atoms with Crippen LogP contribution in [0.4, 0.5) is 5.69 Å². The number of nitrogens with zero attached hydrogens (tertiary/aromatic N) is 4. The molecule has 12 heteroatoms. The van der Waals surface area contributed by atoms with Crippen molar-refractivity contribution in [3.05, 3.63) is 118 Å². The van der Waals surface area contributed by atoms with Crippen LogP contribution in [0.5, 0.6) is 0 Å². The molecule has 4 rings (SSSR count). The van der Waals surface area contributed by atoms with Crippen LogP contribution in [0.3, 0.4) is 0 Å². The van der Waals surface area contributed by atoms with E-state index in [4.69, 9.17) is 4.74 Å². The molecule has 0 saturated heterocycles. The van der Waals surface area contributed by atoms with Crippen LogP contribution in [0, 0.1) is 16.0 Å². The molecule has 47 heavy (non-hydrogen) atoms. The SMILES string of the molecule is CC(=O)N([C@@H](Cc1ccccc1)C(=O)C(=O)OC(C)C)N1C(=O)C(C(C)C)N(C(=O)c2ccc([N+](=O)[O-])cc2)C=C1c1ccccc1. The van der Waals surface area contributed by atoms with Gasteiger partial charge in [0.2, 0.25) is 5.91 Å². The monoisotopic (exact) mass is 640 g/mol. The number of rotatable bonds is 11. The number of nitro groups is 1. The molecule has 0 fully saturated rings. The summed E-state index contributed by atoms with van der Waals surface area (Å²) in [6.45, 7) is 7.82. The van der Waals surface area contributed by atoms with E-state index >= 15 is 0 Å². The highest BCUT2D eigenvalue weighted by Crippen LogP contribution is 2.34. The van der Waals surface area contributed by atoms with Crippen molar-refractivity contribution in [2.24, 2.45) is 5.92 Å². The molecule has 0 bridgehead atoms. The van der Waals surface area contributed by atoms with Gasteiger partial charge in [0.15, 0.2) is 0 Å². The topological polar surface area (TPSA) is 147 Å². The van der Waals surface area contributed by atoms with Crippen molar-refractivity contribution in [2.75, 3.05) is 0 Å². The van der Waals surface area contributed by atoms with Crippen molar-refractivity contribution >= 4 is 40.9 Å². The molecular weight excluding hydrogens is 604 g/mol. The number of carbonyl (C=O) groups is 5. The van der Waals surface area contributed by atoms with Crippen molar-refractivity contribution < 1.29 is 33.6 Å². The van der Waals surface area contributed by atoms with Crippen LogP contribution in [0.1, 0.15) is 56.1 Å². The predicted molar refractivity (Wildman–Crippen MR) is 172 cm³/mol. The third kappa shape index (κ3) is 7.60. The number of non-ortho nitro benzene ring substituents is 1. The van der Waals surface area contributed by atoms with Crippen LogP contribution in [-0.4, -0.2) is 67.5 Å². The summed E-state index contributed by atoms with van der Waals surface area (Å²) < 4.78 is 5.23. The van der Waals surface area contributed by atoms with Crippen molar-refractivity contribution in [1.29, 1.82) is 0 Å². The first kappa shape index (κ1) is 34.2. The minimum absolute atomic E-state index is 0.0982. The van der Waals surface area contributed by atoms with Gasteiger partial charge in [0, 0.05) is 42.8 Å². The third-order valence-corrected chi connectivity index (χ3v) is 7.46. The number of Topliss-reactive ketones (excluding diaryl/α,β-unsaturated/α-hetero) is 1. The van der Waals surface area contributed by atoms with Crippen LogP contribution in [-0.2, 0) is 30.3 Å². The van der Waals surface area contributed by atoms with Crippen molar-refractivity contribution in [2.45, 2.75) is 59.2 Å². The van der Waals surface area contributed by atoms with E-state index in [0.29, 0.717) is 11.1 Å². The van der Waals surface area contributed by atoms with Gasteiger partial charge in [-0.15, -0.1) is 0 Å². The number of ketones is 1. The van der Waals surface area contributed by atoms with Gasteiger partial charge in [-0.2, -0.15) is 0 Å². The fraction of sp³-hybridized carbons (Fsp3) is 0.286. The molecule has 1 aliphatic rings. The standard InChI is InChI=1S/C35H36N4O8/c1-22(2)31-34(43)38(37(24(5)40)29(20-25-12-8-6-9-13-25)32(41)35(44)47-23(3)4)30(26-14-10-7-11-15-26)21-36(31)33(42)27-16-18-28(19-17-27)39(45)46/h6-19,21-23,29,31H,20H2,1-5H3/t29-,31?/m0/s1. The third-order valence-electron chi connectivity index (χ3n) is 7.46. The van der Waals surface area contributed by atoms with Gasteiger partial charge in [0.05, 0.1) is 16.7 Å². The van der Waals surface area contributed by atoms with E-state index in [-0.39, 0.29) is 23.4 Å². The number of hydrazine groups is 1. The van der Waals surface area contributed by atoms with E-state index in [1.807, 2.05) is 0 Å². The molecule has 0 radical (unpaired) electrons. The summed E-state index contributed by atoms with van der Waals surface area (Å²) in [5, 5.41) is 13.3. The van der Waals surface area contributed by atoms with Crippen molar-refractivity contribution in [3.8, 4) is 0 Å². The lowest BCUT2D eigenvalue weighted by atomic mass is 9.96. The summed E-state index contributed by atoms with van der Waals surface area (Å²) >= 11 is 0. The van der Waals surface area contributed by atoms with Gasteiger partial charge >= 0.3 is 5.97 Å². The maximum Gasteiger partial charge on any atom is 0.377 e. The minimum Gasteiger partial charge on any atom is -0.457 e. The number of amides is 3. The zero-order valence-corrected chi connectivity index (χ0v) is 26.7. The molecule has 0 spiro atoms. The summed E-state index contributed by atoms with van der Waals surface area (Å²) in [5.41, 5.74) is 1.06. The molecule has 0 saturated carbocycles. The number of benzene rings is 3. The summed E-state index contributed by atoms with van der Waals surface area (Å²) in [6.07, 6.45) is 0.698. The predicted octanol–water partition coefficient (Wildman–Crippen LogP) is 4.80. The summed E-state index contributed by atoms with van der Waals surface area (Å²) in [4.78, 5) is 81.0. The Hall–Kier alpha value is -5.65. The average molecular weight is 641 g/mol. The van der Waals surface area contributed by atoms with Crippen LogP contribution >= 0.6 is 0 Å². The Morgan fingerprint density at radius 3 is 1.98 bits per heavy atom. The Morgan fingerprint density at radius 2 is 1.47 bits per heavy atom. The van der Waals surface area contributed by atoms with Gasteiger partial charge in [-0.3, -0.25) is 34.2 Å². The second kappa shape index (κ2) is 14.6. The maximum absolute atomic E-state index is 14.7. The van der Waals surface area contributed by atoms with E-state index < -0.39 is 58.5 Å². The number of esters is 1. The highest BCUT2D eigenvalue weighted by molar-refractivity contribution is 6.36. The van der Waals surface area contributed by atoms with Crippen LogP contribution < -0.4 is 0 Å². The number of hydrogen-bond acceptors (Lipinski definition) is 8. The number of carbonyl (C=O) groups excluding carboxylic acids is 5. The van der Waals surface area contributed by atoms with E-state index in [1.54, 1.807) is 88.4 Å². The van der Waals surface area contributed by atoms with Crippen LogP contribution in [0.15, 0.2) is 91.1 Å². The van der Waals surface area contributed by atoms with E-state index in [2.05, 4.69) is 0 Å². The molecule has 12 nitrogen and oxygen atoms in total. The minimum atomic E-state index is -1.48. The smallest absolute Gasteiger partial charge is 0.377 e. The molecule has 0 N–H and O–H groups in total. The molecule has 3 amide bonds. The fourth-order valence-corrected chi connectivity index (χ4v) is 5.36. The van der Waals surface area contributed by atoms with Gasteiger partial charge in [-0.05, 0) is 37.5 Å². The first-order chi connectivity index (χ1) is 22.3. The Kier molecular flexibility index (Phi) is 10.7. The van der Waals surface area contributed by atoms with E-state index in [1.165, 1.54) is 42.3 Å². The number of hydrogen-bond donors (Lipinski definition) is 0. The Balaban J connectivity index is 1.92. The van der Waals surface area contributed by atoms with Gasteiger partial charge in [0.1, 0.15) is 12.1 Å². The van der Waals surface area contributed by atoms with E-state index in [9.17, 15) is 34.1 Å². The van der Waals surface area contributed by atoms with Crippen LogP contribution in [0.25, 0.3) is 5.70 Å². The normalized spacial score (nSPS) is 15.3. The molecule has 0 aliphatic carbocycles. The molecule has 3 aromatic rings. The van der Waals surface area contributed by atoms with Crippen molar-refractivity contribution in [3.63, 3.8) is 0 Å². The lowest BCUT2D eigenvalue weighted by molar-refractivity contribution is -0.384. The molecule has 244 valence electrons. The first-order valence-electron chi connectivity index (χ1n) is 15.1. The van der Waals surface area contributed by atoms with Gasteiger partial charge < -0.3 is 4.74 Å². The highest BCUT2D eigenvalue weighted by atomic mass is 16.6. The number of ether oxygens (including phenoxy) is 1. The first-order valence-corrected chi connectivity index (χ1v) is 15.1. The molecule has 1 aliphatic heterocycles.